The second-order valence-electron chi connectivity index (χ2n) is 8.56. The molecular weight excluding hydrogens is 439 g/mol. The van der Waals surface area contributed by atoms with Gasteiger partial charge in [0, 0.05) is 25.2 Å². The van der Waals surface area contributed by atoms with Crippen LogP contribution in [0.2, 0.25) is 0 Å². The zero-order valence-electron chi connectivity index (χ0n) is 18.8. The molecule has 0 saturated heterocycles. The zero-order chi connectivity index (χ0) is 23.7. The summed E-state index contributed by atoms with van der Waals surface area (Å²) in [6.07, 6.45) is 7.07. The number of anilines is 2. The van der Waals surface area contributed by atoms with Crippen molar-refractivity contribution in [2.75, 3.05) is 12.0 Å². The number of nitrogens with zero attached hydrogens (tertiary/aromatic N) is 7. The molecule has 1 aliphatic carbocycles. The van der Waals surface area contributed by atoms with Gasteiger partial charge in [-0.3, -0.25) is 9.48 Å². The number of nitrogens with one attached hydrogen (secondary N) is 1. The molecule has 1 aliphatic rings. The maximum Gasteiger partial charge on any atom is 0.294 e. The third-order valence-corrected chi connectivity index (χ3v) is 6.00. The molecule has 0 amide bonds. The van der Waals surface area contributed by atoms with Crippen molar-refractivity contribution >= 4 is 17.4 Å². The summed E-state index contributed by atoms with van der Waals surface area (Å²) < 4.78 is 20.0. The number of Topliss-reactive ketones (excluding diaryl/α,β-unsaturated/α-hetero) is 1. The maximum absolute atomic E-state index is 13.2. The molecule has 1 aromatic carbocycles. The Hall–Kier alpha value is -4.02. The molecule has 4 aromatic rings. The summed E-state index contributed by atoms with van der Waals surface area (Å²) in [5.74, 6) is 0.953. The van der Waals surface area contributed by atoms with Crippen LogP contribution < -0.4 is 5.32 Å². The van der Waals surface area contributed by atoms with E-state index in [-0.39, 0.29) is 18.1 Å². The second kappa shape index (κ2) is 8.73. The van der Waals surface area contributed by atoms with Gasteiger partial charge in [-0.1, -0.05) is 17.3 Å². The van der Waals surface area contributed by atoms with E-state index < -0.39 is 12.1 Å². The molecule has 5 rings (SSSR count). The van der Waals surface area contributed by atoms with Crippen molar-refractivity contribution in [1.29, 1.82) is 0 Å². The Morgan fingerprint density at radius 1 is 1.26 bits per heavy atom. The summed E-state index contributed by atoms with van der Waals surface area (Å²) in [6.45, 7) is 1.44. The summed E-state index contributed by atoms with van der Waals surface area (Å²) in [5.41, 5.74) is 3.00. The van der Waals surface area contributed by atoms with E-state index in [1.165, 1.54) is 6.33 Å². The molecule has 0 bridgehead atoms. The van der Waals surface area contributed by atoms with E-state index in [2.05, 4.69) is 35.5 Å². The fraction of sp³-hybridized carbons (Fsp3) is 0.348. The first-order valence-electron chi connectivity index (χ1n) is 10.9. The highest BCUT2D eigenvalue weighted by molar-refractivity contribution is 5.91. The summed E-state index contributed by atoms with van der Waals surface area (Å²) in [7, 11) is 1.83. The molecule has 0 spiro atoms. The van der Waals surface area contributed by atoms with Crippen molar-refractivity contribution < 1.29 is 13.7 Å². The average molecular weight is 462 g/mol. The van der Waals surface area contributed by atoms with Gasteiger partial charge in [-0.25, -0.2) is 14.4 Å². The number of carbonyl (C=O) groups excluding carboxylic acids is 1. The van der Waals surface area contributed by atoms with Crippen LogP contribution in [-0.4, -0.2) is 47.3 Å². The number of carbonyl (C=O) groups is 1. The first-order valence-corrected chi connectivity index (χ1v) is 10.9. The first kappa shape index (κ1) is 21.8. The Kier molecular flexibility index (Phi) is 5.60. The van der Waals surface area contributed by atoms with Crippen LogP contribution in [0.4, 0.5) is 16.0 Å². The van der Waals surface area contributed by atoms with Gasteiger partial charge in [-0.05, 0) is 43.4 Å². The number of hydrogen-bond acceptors (Lipinski definition) is 9. The van der Waals surface area contributed by atoms with Gasteiger partial charge >= 0.3 is 0 Å². The summed E-state index contributed by atoms with van der Waals surface area (Å²) in [5, 5.41) is 11.0. The molecule has 3 aromatic heterocycles. The van der Waals surface area contributed by atoms with Crippen LogP contribution in [0.1, 0.15) is 46.9 Å². The molecular formula is C23H23FN8O2. The molecule has 174 valence electrons. The fourth-order valence-corrected chi connectivity index (χ4v) is 3.70. The molecule has 34 heavy (non-hydrogen) atoms. The van der Waals surface area contributed by atoms with Crippen molar-refractivity contribution in [2.45, 2.75) is 38.0 Å². The van der Waals surface area contributed by atoms with E-state index in [1.807, 2.05) is 38.4 Å². The van der Waals surface area contributed by atoms with Gasteiger partial charge in [-0.15, -0.1) is 0 Å². The van der Waals surface area contributed by atoms with Crippen molar-refractivity contribution in [3.05, 3.63) is 59.8 Å². The number of halogens is 1. The average Bonchev–Trinajstić information content (AvgIpc) is 3.27. The van der Waals surface area contributed by atoms with Crippen molar-refractivity contribution in [1.82, 2.24) is 34.9 Å². The van der Waals surface area contributed by atoms with Gasteiger partial charge in [0.2, 0.25) is 11.7 Å². The highest BCUT2D eigenvalue weighted by atomic mass is 19.1. The van der Waals surface area contributed by atoms with Gasteiger partial charge in [0.1, 0.15) is 13.0 Å². The monoisotopic (exact) mass is 462 g/mol. The van der Waals surface area contributed by atoms with E-state index in [0.29, 0.717) is 36.9 Å². The lowest BCUT2D eigenvalue weighted by Crippen LogP contribution is -2.11. The van der Waals surface area contributed by atoms with Gasteiger partial charge in [-0.2, -0.15) is 15.1 Å². The molecule has 0 atom stereocenters. The van der Waals surface area contributed by atoms with Crippen LogP contribution in [0.3, 0.4) is 0 Å². The first-order chi connectivity index (χ1) is 16.5. The predicted octanol–water partition coefficient (Wildman–Crippen LogP) is 3.52. The smallest absolute Gasteiger partial charge is 0.294 e. The Morgan fingerprint density at radius 3 is 2.82 bits per heavy atom. The van der Waals surface area contributed by atoms with Crippen LogP contribution in [-0.2, 0) is 18.9 Å². The summed E-state index contributed by atoms with van der Waals surface area (Å²) >= 11 is 0. The normalized spacial score (nSPS) is 14.2. The van der Waals surface area contributed by atoms with Gasteiger partial charge < -0.3 is 9.84 Å². The molecule has 10 nitrogen and oxygen atoms in total. The Morgan fingerprint density at radius 2 is 2.12 bits per heavy atom. The molecule has 0 unspecified atom stereocenters. The molecule has 0 aliphatic heterocycles. The topological polar surface area (TPSA) is 125 Å². The lowest BCUT2D eigenvalue weighted by Gasteiger charge is -2.08. The largest absolute Gasteiger partial charge is 0.331 e. The molecule has 11 heteroatoms. The quantitative estimate of drug-likeness (QED) is 0.372. The highest BCUT2D eigenvalue weighted by Gasteiger charge is 2.49. The zero-order valence-corrected chi connectivity index (χ0v) is 18.8. The number of benzene rings is 1. The maximum atomic E-state index is 13.2. The van der Waals surface area contributed by atoms with E-state index in [0.717, 1.165) is 22.4 Å². The Labute approximate surface area is 194 Å². The minimum absolute atomic E-state index is 0.0529. The highest BCUT2D eigenvalue weighted by Crippen LogP contribution is 2.47. The Balaban J connectivity index is 1.24. The van der Waals surface area contributed by atoms with E-state index in [9.17, 15) is 9.18 Å². The fourth-order valence-electron chi connectivity index (χ4n) is 3.70. The van der Waals surface area contributed by atoms with Crippen LogP contribution in [0, 0.1) is 6.92 Å². The minimum Gasteiger partial charge on any atom is -0.331 e. The number of hydrogen-bond donors (Lipinski definition) is 1. The molecule has 1 saturated carbocycles. The van der Waals surface area contributed by atoms with Crippen LogP contribution in [0.5, 0.6) is 0 Å². The number of alkyl halides is 1. The lowest BCUT2D eigenvalue weighted by molar-refractivity contribution is 0.0940. The summed E-state index contributed by atoms with van der Waals surface area (Å²) in [6, 6.07) is 5.85. The standard InChI is InChI=1S/C23H23FN8O2/c1-14-9-16(19-25-13-26-22(29-19)28-17-10-27-32(2)11-17)4-3-15(14)5-6-18(33)20-30-21(31-34-20)23(12-24)7-8-23/h3-4,9-11,13H,5-8,12H2,1-2H3,(H,25,26,28,29). The Bertz CT molecular complexity index is 1340. The van der Waals surface area contributed by atoms with Crippen molar-refractivity contribution in [2.24, 2.45) is 7.05 Å². The van der Waals surface area contributed by atoms with Crippen molar-refractivity contribution in [3.63, 3.8) is 0 Å². The van der Waals surface area contributed by atoms with Gasteiger partial charge in [0.05, 0.1) is 17.3 Å². The molecule has 1 N–H and O–H groups in total. The summed E-state index contributed by atoms with van der Waals surface area (Å²) in [4.78, 5) is 29.6. The number of aromatic nitrogens is 7. The third kappa shape index (κ3) is 4.41. The van der Waals surface area contributed by atoms with Crippen LogP contribution in [0.25, 0.3) is 11.4 Å². The minimum atomic E-state index is -0.642. The molecule has 0 radical (unpaired) electrons. The van der Waals surface area contributed by atoms with E-state index in [1.54, 1.807) is 10.9 Å². The van der Waals surface area contributed by atoms with E-state index in [4.69, 9.17) is 4.52 Å². The molecule has 1 fully saturated rings. The number of rotatable bonds is 9. The second-order valence-corrected chi connectivity index (χ2v) is 8.56. The van der Waals surface area contributed by atoms with Crippen molar-refractivity contribution in [3.8, 4) is 11.4 Å². The SMILES string of the molecule is Cc1cc(-c2ncnc(Nc3cnn(C)c3)n2)ccc1CCC(=O)c1nc(C2(CF)CC2)no1. The molecule has 3 heterocycles. The number of aryl methyl sites for hydroxylation is 3. The van der Waals surface area contributed by atoms with Gasteiger partial charge in [0.15, 0.2) is 11.6 Å². The predicted molar refractivity (Wildman–Crippen MR) is 120 cm³/mol. The number of ketones is 1. The lowest BCUT2D eigenvalue weighted by atomic mass is 9.99. The van der Waals surface area contributed by atoms with Crippen LogP contribution >= 0.6 is 0 Å². The van der Waals surface area contributed by atoms with E-state index >= 15 is 0 Å². The van der Waals surface area contributed by atoms with Gasteiger partial charge in [0.25, 0.3) is 5.89 Å². The third-order valence-electron chi connectivity index (χ3n) is 6.00. The van der Waals surface area contributed by atoms with Crippen LogP contribution in [0.15, 0.2) is 41.4 Å².